The summed E-state index contributed by atoms with van der Waals surface area (Å²) in [4.78, 5) is 0. The highest BCUT2D eigenvalue weighted by molar-refractivity contribution is 5.72. The van der Waals surface area contributed by atoms with Crippen molar-refractivity contribution in [2.75, 3.05) is 11.1 Å². The van der Waals surface area contributed by atoms with Gasteiger partial charge in [0.2, 0.25) is 0 Å². The van der Waals surface area contributed by atoms with Gasteiger partial charge in [0.1, 0.15) is 5.75 Å². The lowest BCUT2D eigenvalue weighted by Crippen LogP contribution is -2.09. The molecule has 3 N–H and O–H groups in total. The number of para-hydroxylation sites is 1. The summed E-state index contributed by atoms with van der Waals surface area (Å²) in [5, 5.41) is 7.05. The summed E-state index contributed by atoms with van der Waals surface area (Å²) in [7, 11) is 0. The normalized spacial score (nSPS) is 10.7. The molecule has 0 atom stereocenters. The highest BCUT2D eigenvalue weighted by Crippen LogP contribution is 2.30. The standard InChI is InChI=1S/C14H19N3O2/c1-9(2)18-13-6-4-5-12(14(13)15)16-8-11-7-10(3)17-19-11/h4-7,9,16H,8,15H2,1-3H3. The Bertz CT molecular complexity index is 549. The molecule has 102 valence electrons. The SMILES string of the molecule is Cc1cc(CNc2cccc(OC(C)C)c2N)on1. The molecule has 5 heteroatoms. The average Bonchev–Trinajstić information content (AvgIpc) is 2.76. The molecule has 0 spiro atoms. The van der Waals surface area contributed by atoms with Gasteiger partial charge in [-0.3, -0.25) is 0 Å². The van der Waals surface area contributed by atoms with Crippen molar-refractivity contribution in [2.24, 2.45) is 0 Å². The van der Waals surface area contributed by atoms with Crippen LogP contribution < -0.4 is 15.8 Å². The first kappa shape index (κ1) is 13.3. The van der Waals surface area contributed by atoms with Crippen LogP contribution in [-0.4, -0.2) is 11.3 Å². The zero-order valence-electron chi connectivity index (χ0n) is 11.4. The second-order valence-electron chi connectivity index (χ2n) is 4.67. The molecule has 0 amide bonds. The number of nitrogens with zero attached hydrogens (tertiary/aromatic N) is 1. The van der Waals surface area contributed by atoms with Crippen molar-refractivity contribution in [1.29, 1.82) is 0 Å². The van der Waals surface area contributed by atoms with Crippen LogP contribution >= 0.6 is 0 Å². The number of ether oxygens (including phenoxy) is 1. The lowest BCUT2D eigenvalue weighted by atomic mass is 10.2. The third-order valence-electron chi connectivity index (χ3n) is 2.56. The Balaban J connectivity index is 2.08. The van der Waals surface area contributed by atoms with Crippen LogP contribution in [0.3, 0.4) is 0 Å². The van der Waals surface area contributed by atoms with Crippen molar-refractivity contribution in [2.45, 2.75) is 33.4 Å². The van der Waals surface area contributed by atoms with Gasteiger partial charge in [0.05, 0.1) is 29.7 Å². The second-order valence-corrected chi connectivity index (χ2v) is 4.67. The molecule has 0 saturated carbocycles. The van der Waals surface area contributed by atoms with Crippen LogP contribution in [0.2, 0.25) is 0 Å². The van der Waals surface area contributed by atoms with E-state index in [0.29, 0.717) is 18.0 Å². The molecule has 0 aliphatic rings. The Hall–Kier alpha value is -2.17. The predicted octanol–water partition coefficient (Wildman–Crippen LogP) is 2.96. The fourth-order valence-corrected chi connectivity index (χ4v) is 1.74. The Morgan fingerprint density at radius 3 is 2.84 bits per heavy atom. The minimum absolute atomic E-state index is 0.0921. The van der Waals surface area contributed by atoms with Gasteiger partial charge in [-0.15, -0.1) is 0 Å². The number of benzene rings is 1. The quantitative estimate of drug-likeness (QED) is 0.809. The monoisotopic (exact) mass is 261 g/mol. The first-order valence-corrected chi connectivity index (χ1v) is 6.27. The highest BCUT2D eigenvalue weighted by atomic mass is 16.5. The summed E-state index contributed by atoms with van der Waals surface area (Å²) in [5.41, 5.74) is 8.36. The number of nitrogen functional groups attached to an aromatic ring is 1. The van der Waals surface area contributed by atoms with E-state index in [1.807, 2.05) is 45.0 Å². The molecule has 0 aliphatic heterocycles. The maximum atomic E-state index is 6.07. The van der Waals surface area contributed by atoms with Gasteiger partial charge in [0, 0.05) is 6.07 Å². The van der Waals surface area contributed by atoms with E-state index in [0.717, 1.165) is 17.1 Å². The first-order chi connectivity index (χ1) is 9.06. The van der Waals surface area contributed by atoms with E-state index in [1.54, 1.807) is 0 Å². The van der Waals surface area contributed by atoms with E-state index in [1.165, 1.54) is 0 Å². The summed E-state index contributed by atoms with van der Waals surface area (Å²) >= 11 is 0. The van der Waals surface area contributed by atoms with Crippen LogP contribution in [0.15, 0.2) is 28.8 Å². The van der Waals surface area contributed by atoms with Gasteiger partial charge in [-0.25, -0.2) is 0 Å². The Labute approximate surface area is 112 Å². The van der Waals surface area contributed by atoms with Crippen LogP contribution in [0, 0.1) is 6.92 Å². The largest absolute Gasteiger partial charge is 0.489 e. The average molecular weight is 261 g/mol. The van der Waals surface area contributed by atoms with Gasteiger partial charge in [0.15, 0.2) is 5.76 Å². The predicted molar refractivity (Wildman–Crippen MR) is 75.2 cm³/mol. The summed E-state index contributed by atoms with van der Waals surface area (Å²) in [5.74, 6) is 1.46. The number of nitrogens with two attached hydrogens (primary N) is 1. The number of aromatic nitrogens is 1. The van der Waals surface area contributed by atoms with Gasteiger partial charge in [-0.05, 0) is 32.9 Å². The maximum absolute atomic E-state index is 6.07. The van der Waals surface area contributed by atoms with Crippen LogP contribution in [0.4, 0.5) is 11.4 Å². The minimum atomic E-state index is 0.0921. The van der Waals surface area contributed by atoms with E-state index in [2.05, 4.69) is 10.5 Å². The number of aryl methyl sites for hydroxylation is 1. The van der Waals surface area contributed by atoms with Gasteiger partial charge < -0.3 is 20.3 Å². The first-order valence-electron chi connectivity index (χ1n) is 6.27. The van der Waals surface area contributed by atoms with Crippen LogP contribution in [0.25, 0.3) is 0 Å². The number of nitrogens with one attached hydrogen (secondary N) is 1. The topological polar surface area (TPSA) is 73.3 Å². The molecule has 2 rings (SSSR count). The van der Waals surface area contributed by atoms with E-state index in [9.17, 15) is 0 Å². The molecule has 1 heterocycles. The Morgan fingerprint density at radius 2 is 2.21 bits per heavy atom. The lowest BCUT2D eigenvalue weighted by molar-refractivity contribution is 0.244. The molecule has 1 aromatic carbocycles. The van der Waals surface area contributed by atoms with E-state index in [-0.39, 0.29) is 6.10 Å². The summed E-state index contributed by atoms with van der Waals surface area (Å²) in [6.07, 6.45) is 0.0921. The smallest absolute Gasteiger partial charge is 0.156 e. The van der Waals surface area contributed by atoms with Crippen molar-refractivity contribution in [3.05, 3.63) is 35.7 Å². The third-order valence-corrected chi connectivity index (χ3v) is 2.56. The second kappa shape index (κ2) is 5.65. The van der Waals surface area contributed by atoms with Gasteiger partial charge in [-0.2, -0.15) is 0 Å². The van der Waals surface area contributed by atoms with Gasteiger partial charge in [-0.1, -0.05) is 11.2 Å². The van der Waals surface area contributed by atoms with E-state index < -0.39 is 0 Å². The minimum Gasteiger partial charge on any atom is -0.489 e. The number of anilines is 2. The van der Waals surface area contributed by atoms with Crippen molar-refractivity contribution < 1.29 is 9.26 Å². The molecule has 0 fully saturated rings. The molecule has 2 aromatic rings. The molecular formula is C14H19N3O2. The summed E-state index contributed by atoms with van der Waals surface area (Å²) in [6, 6.07) is 7.56. The summed E-state index contributed by atoms with van der Waals surface area (Å²) < 4.78 is 10.8. The molecule has 5 nitrogen and oxygen atoms in total. The zero-order chi connectivity index (χ0) is 13.8. The molecule has 0 saturated heterocycles. The number of hydrogen-bond acceptors (Lipinski definition) is 5. The van der Waals surface area contributed by atoms with Crippen molar-refractivity contribution in [1.82, 2.24) is 5.16 Å². The fraction of sp³-hybridized carbons (Fsp3) is 0.357. The van der Waals surface area contributed by atoms with Crippen LogP contribution in [0.1, 0.15) is 25.3 Å². The highest BCUT2D eigenvalue weighted by Gasteiger charge is 2.08. The van der Waals surface area contributed by atoms with E-state index >= 15 is 0 Å². The fourth-order valence-electron chi connectivity index (χ4n) is 1.74. The molecule has 1 aromatic heterocycles. The molecule has 0 aliphatic carbocycles. The van der Waals surface area contributed by atoms with Crippen molar-refractivity contribution in [3.8, 4) is 5.75 Å². The van der Waals surface area contributed by atoms with Gasteiger partial charge in [0.25, 0.3) is 0 Å². The third kappa shape index (κ3) is 3.40. The molecule has 0 bridgehead atoms. The van der Waals surface area contributed by atoms with Crippen molar-refractivity contribution >= 4 is 11.4 Å². The molecule has 19 heavy (non-hydrogen) atoms. The Kier molecular flexibility index (Phi) is 3.94. The number of rotatable bonds is 5. The van der Waals surface area contributed by atoms with Crippen LogP contribution in [-0.2, 0) is 6.54 Å². The lowest BCUT2D eigenvalue weighted by Gasteiger charge is -2.15. The molecule has 0 radical (unpaired) electrons. The summed E-state index contributed by atoms with van der Waals surface area (Å²) in [6.45, 7) is 6.36. The zero-order valence-corrected chi connectivity index (χ0v) is 11.4. The van der Waals surface area contributed by atoms with Crippen molar-refractivity contribution in [3.63, 3.8) is 0 Å². The molecule has 0 unspecified atom stereocenters. The Morgan fingerprint density at radius 1 is 1.42 bits per heavy atom. The maximum Gasteiger partial charge on any atom is 0.156 e. The molecular weight excluding hydrogens is 242 g/mol. The number of hydrogen-bond donors (Lipinski definition) is 2. The van der Waals surface area contributed by atoms with E-state index in [4.69, 9.17) is 15.0 Å². The van der Waals surface area contributed by atoms with Crippen LogP contribution in [0.5, 0.6) is 5.75 Å². The van der Waals surface area contributed by atoms with Gasteiger partial charge >= 0.3 is 0 Å².